The number of halogens is 7. The van der Waals surface area contributed by atoms with E-state index in [0.717, 1.165) is 18.4 Å². The van der Waals surface area contributed by atoms with Gasteiger partial charge in [-0.3, -0.25) is 19.2 Å². The fourth-order valence-corrected chi connectivity index (χ4v) is 7.61. The average Bonchev–Trinajstić information content (AvgIpc) is 3.55. The summed E-state index contributed by atoms with van der Waals surface area (Å²) in [4.78, 5) is 18.1. The van der Waals surface area contributed by atoms with Gasteiger partial charge in [0, 0.05) is 41.1 Å². The van der Waals surface area contributed by atoms with Crippen LogP contribution in [0.2, 0.25) is 0 Å². The number of carbonyl (C=O) groups excluding carboxylic acids is 1. The number of alkyl halides is 5. The number of sulfonamides is 1. The Labute approximate surface area is 285 Å². The van der Waals surface area contributed by atoms with Gasteiger partial charge in [0.1, 0.15) is 11.6 Å². The Balaban J connectivity index is 1.30. The highest BCUT2D eigenvalue weighted by Gasteiger charge is 2.75. The Hall–Kier alpha value is -5.07. The van der Waals surface area contributed by atoms with Crippen molar-refractivity contribution in [3.8, 4) is 11.1 Å². The van der Waals surface area contributed by atoms with E-state index in [9.17, 15) is 35.2 Å². The summed E-state index contributed by atoms with van der Waals surface area (Å²) in [5.41, 5.74) is 6.00. The minimum Gasteiger partial charge on any atom is -0.397 e. The van der Waals surface area contributed by atoms with Gasteiger partial charge in [-0.2, -0.15) is 27.1 Å². The van der Waals surface area contributed by atoms with Crippen molar-refractivity contribution in [2.75, 3.05) is 23.3 Å². The first-order chi connectivity index (χ1) is 23.8. The van der Waals surface area contributed by atoms with E-state index in [0.29, 0.717) is 27.2 Å². The SMILES string of the molecule is Cn1nc(NS(C)(=O)=O)c2cccc(-c3cc(N)cnc3[C@H](Cc3cc(F)cc(F)c3)NC(=O)C[N+]3=NC(C(F)(F)F)C4=C3C(F)(F)[C@@H]3C[C@H]43)c21. The molecule has 4 atom stereocenters. The second-order valence-electron chi connectivity index (χ2n) is 12.8. The van der Waals surface area contributed by atoms with Gasteiger partial charge in [-0.05, 0) is 53.7 Å². The van der Waals surface area contributed by atoms with E-state index < -0.39 is 81.4 Å². The monoisotopic (exact) mass is 737 g/mol. The Morgan fingerprint density at radius 2 is 1.84 bits per heavy atom. The summed E-state index contributed by atoms with van der Waals surface area (Å²) >= 11 is 0. The average molecular weight is 738 g/mol. The van der Waals surface area contributed by atoms with E-state index in [1.807, 2.05) is 0 Å². The molecule has 11 nitrogen and oxygen atoms in total. The van der Waals surface area contributed by atoms with E-state index in [4.69, 9.17) is 5.73 Å². The van der Waals surface area contributed by atoms with Gasteiger partial charge < -0.3 is 11.1 Å². The van der Waals surface area contributed by atoms with Crippen molar-refractivity contribution >= 4 is 38.3 Å². The maximum atomic E-state index is 15.2. The molecule has 51 heavy (non-hydrogen) atoms. The number of hydrogen-bond acceptors (Lipinski definition) is 7. The lowest BCUT2D eigenvalue weighted by atomic mass is 9.94. The van der Waals surface area contributed by atoms with Crippen LogP contribution in [0.1, 0.15) is 23.7 Å². The summed E-state index contributed by atoms with van der Waals surface area (Å²) in [5, 5.41) is 10.8. The van der Waals surface area contributed by atoms with Gasteiger partial charge in [0.05, 0.1) is 35.4 Å². The Morgan fingerprint density at radius 1 is 1.14 bits per heavy atom. The molecule has 4 aromatic rings. The number of nitrogens with one attached hydrogen (secondary N) is 2. The van der Waals surface area contributed by atoms with Crippen LogP contribution in [-0.4, -0.2) is 64.7 Å². The molecule has 3 heterocycles. The third kappa shape index (κ3) is 6.27. The highest BCUT2D eigenvalue weighted by molar-refractivity contribution is 7.92. The zero-order chi connectivity index (χ0) is 36.8. The predicted molar refractivity (Wildman–Crippen MR) is 169 cm³/mol. The summed E-state index contributed by atoms with van der Waals surface area (Å²) in [5.74, 6) is -8.79. The van der Waals surface area contributed by atoms with Crippen LogP contribution in [0.25, 0.3) is 22.0 Å². The van der Waals surface area contributed by atoms with Crippen molar-refractivity contribution in [3.05, 3.63) is 82.8 Å². The van der Waals surface area contributed by atoms with Crippen LogP contribution in [0.3, 0.4) is 0 Å². The molecule has 7 rings (SSSR count). The van der Waals surface area contributed by atoms with Crippen LogP contribution >= 0.6 is 0 Å². The third-order valence-electron chi connectivity index (χ3n) is 9.06. The number of aromatic nitrogens is 3. The number of nitrogens with two attached hydrogens (primary N) is 1. The molecule has 1 amide bonds. The van der Waals surface area contributed by atoms with Crippen molar-refractivity contribution in [2.45, 2.75) is 37.0 Å². The summed E-state index contributed by atoms with van der Waals surface area (Å²) in [6.45, 7) is -1.02. The first-order valence-corrected chi connectivity index (χ1v) is 17.3. The van der Waals surface area contributed by atoms with Crippen molar-refractivity contribution < 1.29 is 48.6 Å². The number of rotatable bonds is 9. The summed E-state index contributed by atoms with van der Waals surface area (Å²) in [7, 11) is -2.19. The highest BCUT2D eigenvalue weighted by Crippen LogP contribution is 2.66. The number of para-hydroxylation sites is 1. The molecule has 2 aromatic heterocycles. The summed E-state index contributed by atoms with van der Waals surface area (Å²) in [6, 6.07) is 5.21. The molecule has 0 radical (unpaired) electrons. The number of fused-ring (bicyclic) bond motifs is 3. The van der Waals surface area contributed by atoms with Crippen LogP contribution in [0.4, 0.5) is 42.2 Å². The summed E-state index contributed by atoms with van der Waals surface area (Å²) < 4.78 is 129. The number of pyridine rings is 1. The number of nitrogen functional groups attached to an aromatic ring is 1. The van der Waals surface area contributed by atoms with E-state index in [1.54, 1.807) is 25.2 Å². The van der Waals surface area contributed by atoms with Gasteiger partial charge in [0.25, 0.3) is 18.1 Å². The normalized spacial score (nSPS) is 21.4. The zero-order valence-electron chi connectivity index (χ0n) is 26.6. The quantitative estimate of drug-likeness (QED) is 0.159. The second kappa shape index (κ2) is 11.7. The highest BCUT2D eigenvalue weighted by atomic mass is 32.2. The molecule has 1 unspecified atom stereocenters. The van der Waals surface area contributed by atoms with Crippen molar-refractivity contribution in [2.24, 2.45) is 24.0 Å². The number of aryl methyl sites for hydroxylation is 1. The molecule has 0 bridgehead atoms. The van der Waals surface area contributed by atoms with Crippen molar-refractivity contribution in [1.82, 2.24) is 20.1 Å². The van der Waals surface area contributed by atoms with Gasteiger partial charge in [0.2, 0.25) is 16.1 Å². The maximum absolute atomic E-state index is 15.2. The van der Waals surface area contributed by atoms with Crippen LogP contribution < -0.4 is 15.8 Å². The standard InChI is InChI=1S/C32H27F7N8O3S/c1-46-27-18(4-3-5-19(27)30(44-46)45-51(2,49)50)20-10-17(40)12-41-26(20)23(8-14-6-15(33)9-16(34)7-14)42-24(48)13-47-29-25(28(43-47)32(37,38)39)21-11-22(21)31(29,35)36/h3-7,9-10,12,21-23,28H,8,11,13,40H2,1-2H3,(H-,42,44,45,48)/p+1/t21-,22+,23-,28?/m0/s1. The van der Waals surface area contributed by atoms with Gasteiger partial charge in [-0.1, -0.05) is 16.8 Å². The molecule has 268 valence electrons. The number of nitrogens with zero attached hydrogens (tertiary/aromatic N) is 5. The fraction of sp³-hybridized carbons (Fsp3) is 0.344. The molecule has 19 heteroatoms. The van der Waals surface area contributed by atoms with Gasteiger partial charge >= 0.3 is 12.1 Å². The van der Waals surface area contributed by atoms with Crippen LogP contribution in [0.5, 0.6) is 0 Å². The molecule has 2 aliphatic carbocycles. The summed E-state index contributed by atoms with van der Waals surface area (Å²) in [6.07, 6.45) is -3.19. The number of anilines is 2. The first-order valence-electron chi connectivity index (χ1n) is 15.4. The van der Waals surface area contributed by atoms with Crippen molar-refractivity contribution in [3.63, 3.8) is 0 Å². The predicted octanol–water partition coefficient (Wildman–Crippen LogP) is 5.22. The molecule has 1 saturated carbocycles. The number of amides is 1. The Morgan fingerprint density at radius 3 is 2.51 bits per heavy atom. The number of allylic oxidation sites excluding steroid dienone is 1. The van der Waals surface area contributed by atoms with E-state index in [1.165, 1.54) is 16.9 Å². The first kappa shape index (κ1) is 34.4. The smallest absolute Gasteiger partial charge is 0.397 e. The number of carbonyl (C=O) groups is 1. The molecule has 2 aromatic carbocycles. The Bertz CT molecular complexity index is 2280. The molecule has 4 N–H and O–H groups in total. The second-order valence-corrected chi connectivity index (χ2v) is 14.6. The topological polar surface area (TPSA) is 147 Å². The van der Waals surface area contributed by atoms with Crippen LogP contribution in [-0.2, 0) is 28.3 Å². The van der Waals surface area contributed by atoms with Gasteiger partial charge in [-0.25, -0.2) is 17.2 Å². The van der Waals surface area contributed by atoms with E-state index in [-0.39, 0.29) is 41.2 Å². The zero-order valence-corrected chi connectivity index (χ0v) is 27.5. The van der Waals surface area contributed by atoms with Crippen LogP contribution in [0.15, 0.2) is 65.0 Å². The number of benzene rings is 2. The maximum Gasteiger partial charge on any atom is 0.420 e. The minimum absolute atomic E-state index is 0.0110. The lowest BCUT2D eigenvalue weighted by Gasteiger charge is -2.22. The van der Waals surface area contributed by atoms with Gasteiger partial charge in [0.15, 0.2) is 5.82 Å². The fourth-order valence-electron chi connectivity index (χ4n) is 7.10. The molecule has 1 fully saturated rings. The number of hydrogen-bond donors (Lipinski definition) is 3. The molecule has 0 saturated heterocycles. The largest absolute Gasteiger partial charge is 0.420 e. The van der Waals surface area contributed by atoms with Gasteiger partial charge in [-0.15, -0.1) is 0 Å². The van der Waals surface area contributed by atoms with Crippen LogP contribution in [0, 0.1) is 23.5 Å². The molecule has 3 aliphatic rings. The Kier molecular flexibility index (Phi) is 7.92. The lowest BCUT2D eigenvalue weighted by Crippen LogP contribution is -2.38. The third-order valence-corrected chi connectivity index (χ3v) is 9.62. The van der Waals surface area contributed by atoms with Crippen molar-refractivity contribution in [1.29, 1.82) is 0 Å². The minimum atomic E-state index is -4.96. The number of azo groups is 2. The lowest BCUT2D eigenvalue weighted by molar-refractivity contribution is -0.549. The molecule has 1 aliphatic heterocycles. The molecule has 0 spiro atoms. The molecular formula is C32H28F7N8O3S+. The molecular weight excluding hydrogens is 709 g/mol. The van der Waals surface area contributed by atoms with E-state index in [2.05, 4.69) is 25.2 Å². The van der Waals surface area contributed by atoms with E-state index >= 15 is 8.78 Å².